The first-order valence-corrected chi connectivity index (χ1v) is 5.56. The quantitative estimate of drug-likeness (QED) is 0.896. The van der Waals surface area contributed by atoms with Gasteiger partial charge in [-0.05, 0) is 24.3 Å². The van der Waals surface area contributed by atoms with Crippen LogP contribution in [0.1, 0.15) is 6.42 Å². The van der Waals surface area contributed by atoms with Crippen LogP contribution in [0.3, 0.4) is 0 Å². The van der Waals surface area contributed by atoms with Gasteiger partial charge >= 0.3 is 0 Å². The van der Waals surface area contributed by atoms with Crippen molar-refractivity contribution in [1.82, 2.24) is 5.32 Å². The molecule has 1 fully saturated rings. The van der Waals surface area contributed by atoms with E-state index >= 15 is 0 Å². The van der Waals surface area contributed by atoms with E-state index in [9.17, 15) is 13.6 Å². The van der Waals surface area contributed by atoms with Crippen molar-refractivity contribution in [2.75, 3.05) is 19.0 Å². The highest BCUT2D eigenvalue weighted by atomic mass is 35.5. The number of hydrogen-bond acceptors (Lipinski definition) is 3. The number of hydrogen-bond donors (Lipinski definition) is 2. The zero-order valence-corrected chi connectivity index (χ0v) is 11.1. The lowest BCUT2D eigenvalue weighted by atomic mass is 10.2. The minimum Gasteiger partial charge on any atom is -0.497 e. The fourth-order valence-corrected chi connectivity index (χ4v) is 1.80. The number of carbonyl (C=O) groups is 1. The molecule has 4 nitrogen and oxygen atoms in total. The van der Waals surface area contributed by atoms with Crippen LogP contribution in [-0.4, -0.2) is 31.5 Å². The fourth-order valence-electron chi connectivity index (χ4n) is 1.80. The number of rotatable bonds is 3. The Morgan fingerprint density at radius 3 is 2.53 bits per heavy atom. The van der Waals surface area contributed by atoms with Gasteiger partial charge in [-0.25, -0.2) is 8.78 Å². The Balaban J connectivity index is 0.00000180. The predicted molar refractivity (Wildman–Crippen MR) is 70.2 cm³/mol. The molecule has 1 saturated heterocycles. The lowest BCUT2D eigenvalue weighted by Crippen LogP contribution is -2.35. The zero-order chi connectivity index (χ0) is 13.2. The summed E-state index contributed by atoms with van der Waals surface area (Å²) in [5.41, 5.74) is 0.554. The molecule has 1 aliphatic heterocycles. The van der Waals surface area contributed by atoms with Gasteiger partial charge in [0.25, 0.3) is 5.92 Å². The molecule has 2 N–H and O–H groups in total. The smallest absolute Gasteiger partial charge is 0.262 e. The van der Waals surface area contributed by atoms with E-state index in [1.54, 1.807) is 24.3 Å². The van der Waals surface area contributed by atoms with E-state index in [2.05, 4.69) is 10.6 Å². The third kappa shape index (κ3) is 4.04. The summed E-state index contributed by atoms with van der Waals surface area (Å²) in [6.45, 7) is -0.451. The van der Waals surface area contributed by atoms with Gasteiger partial charge in [0.1, 0.15) is 5.75 Å². The van der Waals surface area contributed by atoms with E-state index in [-0.39, 0.29) is 12.4 Å². The Kier molecular flexibility index (Phi) is 5.08. The Labute approximate surface area is 115 Å². The van der Waals surface area contributed by atoms with E-state index in [4.69, 9.17) is 4.74 Å². The monoisotopic (exact) mass is 292 g/mol. The lowest BCUT2D eigenvalue weighted by Gasteiger charge is -2.11. The van der Waals surface area contributed by atoms with E-state index in [1.807, 2.05) is 0 Å². The molecule has 7 heteroatoms. The van der Waals surface area contributed by atoms with Gasteiger partial charge in [0.05, 0.1) is 19.7 Å². The first-order valence-electron chi connectivity index (χ1n) is 5.56. The number of nitrogens with one attached hydrogen (secondary N) is 2. The molecule has 0 aromatic heterocycles. The second kappa shape index (κ2) is 6.16. The molecule has 1 atom stereocenters. The third-order valence-electron chi connectivity index (χ3n) is 2.78. The summed E-state index contributed by atoms with van der Waals surface area (Å²) < 4.78 is 30.8. The van der Waals surface area contributed by atoms with Crippen molar-refractivity contribution in [3.8, 4) is 5.75 Å². The molecule has 106 valence electrons. The maximum atomic E-state index is 12.9. The van der Waals surface area contributed by atoms with E-state index < -0.39 is 30.8 Å². The van der Waals surface area contributed by atoms with Crippen LogP contribution in [0.15, 0.2) is 24.3 Å². The van der Waals surface area contributed by atoms with Crippen molar-refractivity contribution in [3.63, 3.8) is 0 Å². The molecular weight excluding hydrogens is 278 g/mol. The molecule has 0 saturated carbocycles. The van der Waals surface area contributed by atoms with Gasteiger partial charge in [-0.1, -0.05) is 0 Å². The number of carbonyl (C=O) groups excluding carboxylic acids is 1. The van der Waals surface area contributed by atoms with Crippen molar-refractivity contribution in [2.45, 2.75) is 18.4 Å². The number of alkyl halides is 2. The Morgan fingerprint density at radius 2 is 2.05 bits per heavy atom. The number of ether oxygens (including phenoxy) is 1. The average Bonchev–Trinajstić information content (AvgIpc) is 2.71. The average molecular weight is 293 g/mol. The van der Waals surface area contributed by atoms with Gasteiger partial charge in [0.2, 0.25) is 5.91 Å². The molecule has 1 unspecified atom stereocenters. The maximum absolute atomic E-state index is 12.9. The summed E-state index contributed by atoms with van der Waals surface area (Å²) in [7, 11) is 1.54. The first kappa shape index (κ1) is 15.7. The topological polar surface area (TPSA) is 50.4 Å². The third-order valence-corrected chi connectivity index (χ3v) is 2.78. The van der Waals surface area contributed by atoms with Gasteiger partial charge in [0, 0.05) is 12.1 Å². The fraction of sp³-hybridized carbons (Fsp3) is 0.417. The number of amides is 1. The Morgan fingerprint density at radius 1 is 1.42 bits per heavy atom. The molecule has 2 rings (SSSR count). The van der Waals surface area contributed by atoms with Gasteiger partial charge in [-0.3, -0.25) is 10.1 Å². The Hall–Kier alpha value is -1.40. The molecule has 1 heterocycles. The molecule has 0 bridgehead atoms. The van der Waals surface area contributed by atoms with Crippen molar-refractivity contribution >= 4 is 24.0 Å². The van der Waals surface area contributed by atoms with Gasteiger partial charge in [0.15, 0.2) is 0 Å². The van der Waals surface area contributed by atoms with Gasteiger partial charge in [-0.15, -0.1) is 12.4 Å². The first-order chi connectivity index (χ1) is 8.50. The summed E-state index contributed by atoms with van der Waals surface area (Å²) in [4.78, 5) is 11.7. The van der Waals surface area contributed by atoms with Crippen molar-refractivity contribution < 1.29 is 18.3 Å². The molecule has 1 aromatic rings. The molecule has 1 amide bonds. The van der Waals surface area contributed by atoms with Crippen LogP contribution in [-0.2, 0) is 4.79 Å². The largest absolute Gasteiger partial charge is 0.497 e. The minimum atomic E-state index is -2.80. The van der Waals surface area contributed by atoms with Crippen molar-refractivity contribution in [2.24, 2.45) is 0 Å². The van der Waals surface area contributed by atoms with Gasteiger partial charge in [-0.2, -0.15) is 0 Å². The van der Waals surface area contributed by atoms with Crippen molar-refractivity contribution in [3.05, 3.63) is 24.3 Å². The SMILES string of the molecule is COc1ccc(NC(=O)C2CC(F)(F)CN2)cc1.Cl. The highest BCUT2D eigenvalue weighted by molar-refractivity contribution is 5.95. The molecule has 0 spiro atoms. The second-order valence-electron chi connectivity index (χ2n) is 4.21. The molecule has 1 aliphatic rings. The lowest BCUT2D eigenvalue weighted by molar-refractivity contribution is -0.118. The number of anilines is 1. The number of methoxy groups -OCH3 is 1. The summed E-state index contributed by atoms with van der Waals surface area (Å²) in [5, 5.41) is 5.09. The minimum absolute atomic E-state index is 0. The van der Waals surface area contributed by atoms with Crippen LogP contribution >= 0.6 is 12.4 Å². The van der Waals surface area contributed by atoms with E-state index in [0.29, 0.717) is 11.4 Å². The normalized spacial score (nSPS) is 20.5. The zero-order valence-electron chi connectivity index (χ0n) is 10.3. The van der Waals surface area contributed by atoms with Crippen LogP contribution in [0.5, 0.6) is 5.75 Å². The summed E-state index contributed by atoms with van der Waals surface area (Å²) in [6.07, 6.45) is -0.463. The highest BCUT2D eigenvalue weighted by Crippen LogP contribution is 2.25. The predicted octanol–water partition coefficient (Wildman–Crippen LogP) is 2.05. The maximum Gasteiger partial charge on any atom is 0.262 e. The van der Waals surface area contributed by atoms with Crippen LogP contribution in [0.2, 0.25) is 0 Å². The number of halogens is 3. The van der Waals surface area contributed by atoms with Crippen LogP contribution in [0.25, 0.3) is 0 Å². The van der Waals surface area contributed by atoms with Crippen LogP contribution in [0.4, 0.5) is 14.5 Å². The summed E-state index contributed by atoms with van der Waals surface area (Å²) in [6, 6.07) is 5.84. The summed E-state index contributed by atoms with van der Waals surface area (Å²) >= 11 is 0. The van der Waals surface area contributed by atoms with Crippen molar-refractivity contribution in [1.29, 1.82) is 0 Å². The molecule has 0 aliphatic carbocycles. The van der Waals surface area contributed by atoms with E-state index in [0.717, 1.165) is 0 Å². The standard InChI is InChI=1S/C12H14F2N2O2.ClH/c1-18-9-4-2-8(3-5-9)16-11(17)10-6-12(13,14)7-15-10;/h2-5,10,15H,6-7H2,1H3,(H,16,17);1H. The van der Waals surface area contributed by atoms with Crippen LogP contribution < -0.4 is 15.4 Å². The summed E-state index contributed by atoms with van der Waals surface area (Å²) in [5.74, 6) is -2.59. The second-order valence-corrected chi connectivity index (χ2v) is 4.21. The van der Waals surface area contributed by atoms with Gasteiger partial charge < -0.3 is 10.1 Å². The molecular formula is C12H15ClF2N2O2. The molecule has 1 aromatic carbocycles. The van der Waals surface area contributed by atoms with E-state index in [1.165, 1.54) is 7.11 Å². The molecule has 0 radical (unpaired) electrons. The highest BCUT2D eigenvalue weighted by Gasteiger charge is 2.42. The van der Waals surface area contributed by atoms with Crippen LogP contribution in [0, 0.1) is 0 Å². The number of benzene rings is 1. The Bertz CT molecular complexity index is 440. The molecule has 19 heavy (non-hydrogen) atoms.